The van der Waals surface area contributed by atoms with E-state index in [0.717, 1.165) is 65.6 Å². The highest BCUT2D eigenvalue weighted by Gasteiger charge is 2.43. The monoisotopic (exact) mass is 760 g/mol. The second-order valence-electron chi connectivity index (χ2n) is 12.6. The quantitative estimate of drug-likeness (QED) is 0.0790. The maximum Gasteiger partial charge on any atom is 0.233 e. The van der Waals surface area contributed by atoms with Gasteiger partial charge in [0.05, 0.1) is 46.1 Å². The van der Waals surface area contributed by atoms with Crippen molar-refractivity contribution in [3.05, 3.63) is 103 Å². The first-order valence-corrected chi connectivity index (χ1v) is 19.3. The van der Waals surface area contributed by atoms with E-state index >= 15 is 0 Å². The average molecular weight is 762 g/mol. The summed E-state index contributed by atoms with van der Waals surface area (Å²) in [5, 5.41) is 4.80. The fourth-order valence-corrected chi connectivity index (χ4v) is 6.46. The number of alkyl halides is 1. The summed E-state index contributed by atoms with van der Waals surface area (Å²) in [6.45, 7) is 17.6. The molecule has 0 spiro atoms. The molecule has 1 amide bonds. The Morgan fingerprint density at radius 3 is 2.64 bits per heavy atom. The third-order valence-electron chi connectivity index (χ3n) is 9.01. The van der Waals surface area contributed by atoms with Crippen LogP contribution in [0.3, 0.4) is 0 Å². The van der Waals surface area contributed by atoms with Gasteiger partial charge in [0.25, 0.3) is 0 Å². The first-order chi connectivity index (χ1) is 24.2. The molecular formula is C41H54BrClN6O. The van der Waals surface area contributed by atoms with Gasteiger partial charge in [0.15, 0.2) is 0 Å². The third kappa shape index (κ3) is 11.4. The van der Waals surface area contributed by atoms with Crippen LogP contribution in [0.4, 0.5) is 17.3 Å². The summed E-state index contributed by atoms with van der Waals surface area (Å²) in [4.78, 5) is 31.4. The summed E-state index contributed by atoms with van der Waals surface area (Å²) in [6.07, 6.45) is 21.5. The molecule has 1 N–H and O–H groups in total. The zero-order valence-corrected chi connectivity index (χ0v) is 32.9. The van der Waals surface area contributed by atoms with Gasteiger partial charge in [-0.25, -0.2) is 9.97 Å². The first kappa shape index (κ1) is 40.7. The number of benzene rings is 1. The highest BCUT2D eigenvalue weighted by Crippen LogP contribution is 2.38. The number of carbonyl (C=O) groups is 1. The predicted octanol–water partition coefficient (Wildman–Crippen LogP) is 11.4. The van der Waals surface area contributed by atoms with Crippen LogP contribution >= 0.6 is 27.5 Å². The van der Waals surface area contributed by atoms with Crippen LogP contribution in [0.1, 0.15) is 84.6 Å². The molecule has 1 atom stereocenters. The number of halogens is 2. The number of anilines is 3. The number of rotatable bonds is 18. The van der Waals surface area contributed by atoms with Crippen molar-refractivity contribution in [1.29, 1.82) is 0 Å². The van der Waals surface area contributed by atoms with E-state index in [9.17, 15) is 4.79 Å². The number of pyridine rings is 1. The molecule has 3 heterocycles. The van der Waals surface area contributed by atoms with Crippen LogP contribution in [0.15, 0.2) is 92.1 Å². The van der Waals surface area contributed by atoms with Crippen molar-refractivity contribution in [2.45, 2.75) is 79.1 Å². The maximum absolute atomic E-state index is 13.8. The number of nitrogens with zero attached hydrogens (tertiary/aromatic N) is 5. The van der Waals surface area contributed by atoms with Gasteiger partial charge in [-0.1, -0.05) is 123 Å². The Morgan fingerprint density at radius 1 is 1.14 bits per heavy atom. The van der Waals surface area contributed by atoms with Crippen molar-refractivity contribution in [3.63, 3.8) is 0 Å². The Kier molecular flexibility index (Phi) is 16.9. The van der Waals surface area contributed by atoms with Gasteiger partial charge in [-0.15, -0.1) is 0 Å². The highest BCUT2D eigenvalue weighted by molar-refractivity contribution is 9.09. The molecule has 1 fully saturated rings. The molecule has 1 unspecified atom stereocenters. The van der Waals surface area contributed by atoms with Gasteiger partial charge in [-0.2, -0.15) is 0 Å². The zero-order chi connectivity index (χ0) is 36.5. The van der Waals surface area contributed by atoms with E-state index in [1.165, 1.54) is 25.7 Å². The first-order valence-electron chi connectivity index (χ1n) is 17.8. The van der Waals surface area contributed by atoms with Crippen LogP contribution < -0.4 is 10.2 Å². The molecule has 50 heavy (non-hydrogen) atoms. The fourth-order valence-electron chi connectivity index (χ4n) is 5.87. The standard InChI is InChI=1S/C39H48BrClN6O.C2H6/c1-6-8-16-30(7-2)31-17-14-18-32(24-31)36-35(41)28-43-38(45-36)44-33-25-34(27-42-26-33)47-23-20-39(4,37(47)48)19-22-46(5)29(3)15-12-10-9-11-13-21-40;1-2/h6-8,14,16-18,24-28H,1,3,9-13,15,19-23H2,2,4-5H3,(H,43,44,45);1-2H3/b16-8-,30-7+;. The number of amides is 1. The largest absolute Gasteiger partial charge is 0.378 e. The average Bonchev–Trinajstić information content (AvgIpc) is 3.44. The molecule has 1 aromatic carbocycles. The Morgan fingerprint density at radius 2 is 1.90 bits per heavy atom. The van der Waals surface area contributed by atoms with Crippen LogP contribution in [0, 0.1) is 5.41 Å². The minimum Gasteiger partial charge on any atom is -0.378 e. The summed E-state index contributed by atoms with van der Waals surface area (Å²) in [6, 6.07) is 9.99. The molecule has 0 saturated carbocycles. The second kappa shape index (κ2) is 20.8. The Labute approximate surface area is 313 Å². The van der Waals surface area contributed by atoms with Crippen LogP contribution in [0.5, 0.6) is 0 Å². The summed E-state index contributed by atoms with van der Waals surface area (Å²) in [5.74, 6) is 0.511. The summed E-state index contributed by atoms with van der Waals surface area (Å²) in [5.41, 5.74) is 5.74. The molecule has 268 valence electrons. The number of hydrogen-bond donors (Lipinski definition) is 1. The molecule has 3 aromatic rings. The molecule has 4 rings (SSSR count). The lowest BCUT2D eigenvalue weighted by molar-refractivity contribution is -0.125. The minimum absolute atomic E-state index is 0.126. The summed E-state index contributed by atoms with van der Waals surface area (Å²) < 4.78 is 0. The summed E-state index contributed by atoms with van der Waals surface area (Å²) in [7, 11) is 2.09. The number of nitrogens with one attached hydrogen (secondary N) is 1. The van der Waals surface area contributed by atoms with E-state index in [4.69, 9.17) is 16.6 Å². The van der Waals surface area contributed by atoms with Gasteiger partial charge < -0.3 is 15.1 Å². The van der Waals surface area contributed by atoms with E-state index in [0.29, 0.717) is 28.9 Å². The van der Waals surface area contributed by atoms with E-state index in [1.54, 1.807) is 24.7 Å². The van der Waals surface area contributed by atoms with Gasteiger partial charge in [-0.3, -0.25) is 9.78 Å². The van der Waals surface area contributed by atoms with Crippen LogP contribution in [-0.4, -0.2) is 51.2 Å². The predicted molar refractivity (Wildman–Crippen MR) is 217 cm³/mol. The Hall–Kier alpha value is -3.75. The maximum atomic E-state index is 13.8. The lowest BCUT2D eigenvalue weighted by Gasteiger charge is -2.28. The van der Waals surface area contributed by atoms with Crippen molar-refractivity contribution >= 4 is 56.3 Å². The van der Waals surface area contributed by atoms with Gasteiger partial charge in [-0.05, 0) is 62.3 Å². The molecule has 1 aliphatic rings. The Bertz CT molecular complexity index is 1640. The van der Waals surface area contributed by atoms with E-state index in [2.05, 4.69) is 69.3 Å². The van der Waals surface area contributed by atoms with Gasteiger partial charge in [0.2, 0.25) is 11.9 Å². The second-order valence-corrected chi connectivity index (χ2v) is 13.8. The van der Waals surface area contributed by atoms with Gasteiger partial charge in [0.1, 0.15) is 0 Å². The third-order valence-corrected chi connectivity index (χ3v) is 9.85. The van der Waals surface area contributed by atoms with Crippen molar-refractivity contribution in [1.82, 2.24) is 19.9 Å². The van der Waals surface area contributed by atoms with Crippen LogP contribution in [0.2, 0.25) is 5.02 Å². The molecule has 0 aliphatic carbocycles. The topological polar surface area (TPSA) is 74.2 Å². The molecule has 1 saturated heterocycles. The molecule has 2 aromatic heterocycles. The van der Waals surface area contributed by atoms with Gasteiger partial charge in [0, 0.05) is 36.7 Å². The number of hydrogen-bond acceptors (Lipinski definition) is 6. The van der Waals surface area contributed by atoms with Gasteiger partial charge >= 0.3 is 0 Å². The number of carbonyl (C=O) groups excluding carboxylic acids is 1. The van der Waals surface area contributed by atoms with Crippen molar-refractivity contribution in [2.75, 3.05) is 35.7 Å². The number of unbranched alkanes of at least 4 members (excludes halogenated alkanes) is 4. The molecule has 0 radical (unpaired) electrons. The van der Waals surface area contributed by atoms with E-state index in [-0.39, 0.29) is 5.91 Å². The Balaban J connectivity index is 0.00000332. The fraction of sp³-hybridized carbons (Fsp3) is 0.415. The lowest BCUT2D eigenvalue weighted by Crippen LogP contribution is -2.35. The number of allylic oxidation sites excluding steroid dienone is 6. The molecule has 9 heteroatoms. The van der Waals surface area contributed by atoms with Crippen LogP contribution in [0.25, 0.3) is 16.8 Å². The zero-order valence-electron chi connectivity index (χ0n) is 30.5. The highest BCUT2D eigenvalue weighted by atomic mass is 79.9. The SMILES string of the molecule is C=C/C=C\C(=C/C)c1cccc(-c2nc(Nc3cncc(N4CCC(C)(CCN(C)C(=C)CCCCCCCBr)C4=O)c3)ncc2Cl)c1.CC. The minimum atomic E-state index is -0.440. The van der Waals surface area contributed by atoms with Crippen LogP contribution in [-0.2, 0) is 4.79 Å². The number of aromatic nitrogens is 3. The normalized spacial score (nSPS) is 15.9. The van der Waals surface area contributed by atoms with E-state index in [1.807, 2.05) is 68.2 Å². The molecule has 0 bridgehead atoms. The molecular weight excluding hydrogens is 708 g/mol. The smallest absolute Gasteiger partial charge is 0.233 e. The lowest BCUT2D eigenvalue weighted by atomic mass is 9.85. The molecule has 1 aliphatic heterocycles. The van der Waals surface area contributed by atoms with Crippen molar-refractivity contribution in [2.24, 2.45) is 5.41 Å². The van der Waals surface area contributed by atoms with E-state index < -0.39 is 5.41 Å². The molecule has 7 nitrogen and oxygen atoms in total. The van der Waals surface area contributed by atoms with Crippen molar-refractivity contribution in [3.8, 4) is 11.3 Å². The summed E-state index contributed by atoms with van der Waals surface area (Å²) >= 11 is 10.1. The van der Waals surface area contributed by atoms with Crippen molar-refractivity contribution < 1.29 is 4.79 Å².